The van der Waals surface area contributed by atoms with Gasteiger partial charge in [-0.25, -0.2) is 4.39 Å². The van der Waals surface area contributed by atoms with Gasteiger partial charge in [-0.1, -0.05) is 18.2 Å². The Morgan fingerprint density at radius 3 is 2.62 bits per heavy atom. The smallest absolute Gasteiger partial charge is 0.349 e. The number of nitrogens with zero attached hydrogens (tertiary/aromatic N) is 3. The van der Waals surface area contributed by atoms with Crippen molar-refractivity contribution < 1.29 is 22.4 Å². The number of alkyl halides is 3. The van der Waals surface area contributed by atoms with Crippen LogP contribution in [-0.2, 0) is 23.9 Å². The summed E-state index contributed by atoms with van der Waals surface area (Å²) in [4.78, 5) is 11.9. The van der Waals surface area contributed by atoms with Crippen LogP contribution >= 0.6 is 0 Å². The highest BCUT2D eigenvalue weighted by Gasteiger charge is 2.31. The number of carbonyl (C=O) groups excluding carboxylic acids is 1. The quantitative estimate of drug-likeness (QED) is 0.706. The molecule has 0 radical (unpaired) electrons. The maximum atomic E-state index is 13.5. The molecule has 0 aliphatic carbocycles. The molecule has 3 aromatic rings. The van der Waals surface area contributed by atoms with E-state index in [0.29, 0.717) is 5.56 Å². The first-order valence-electron chi connectivity index (χ1n) is 7.75. The van der Waals surface area contributed by atoms with Gasteiger partial charge in [-0.3, -0.25) is 9.20 Å². The van der Waals surface area contributed by atoms with Crippen molar-refractivity contribution in [2.75, 3.05) is 0 Å². The zero-order valence-electron chi connectivity index (χ0n) is 13.4. The molecule has 1 N–H and O–H groups in total. The molecule has 0 spiro atoms. The number of fused-ring (bicyclic) bond motifs is 1. The number of rotatable bonds is 5. The van der Waals surface area contributed by atoms with Crippen LogP contribution in [0.3, 0.4) is 0 Å². The molecular weight excluding hydrogens is 352 g/mol. The second kappa shape index (κ2) is 7.11. The summed E-state index contributed by atoms with van der Waals surface area (Å²) in [5.74, 6) is -0.578. The standard InChI is InChI=1S/C17H14F4N4O/c18-13-4-2-1-3-11(13)5-8-16(26)22-9-15-24-23-14-7-6-12(10-25(14)15)17(19,20)21/h1-4,6-7,10H,5,8-9H2,(H,22,26). The molecule has 1 aromatic carbocycles. The normalized spacial score (nSPS) is 11.7. The van der Waals surface area contributed by atoms with E-state index < -0.39 is 11.7 Å². The molecule has 2 heterocycles. The number of halogens is 4. The van der Waals surface area contributed by atoms with E-state index in [-0.39, 0.29) is 42.6 Å². The molecule has 0 saturated carbocycles. The summed E-state index contributed by atoms with van der Waals surface area (Å²) in [5, 5.41) is 10.1. The first-order chi connectivity index (χ1) is 12.3. The minimum absolute atomic E-state index is 0.0471. The molecule has 9 heteroatoms. The predicted octanol–water partition coefficient (Wildman–Crippen LogP) is 3.14. The molecule has 0 aliphatic rings. The summed E-state index contributed by atoms with van der Waals surface area (Å²) in [6, 6.07) is 8.27. The predicted molar refractivity (Wildman–Crippen MR) is 84.6 cm³/mol. The summed E-state index contributed by atoms with van der Waals surface area (Å²) >= 11 is 0. The lowest BCUT2D eigenvalue weighted by Gasteiger charge is -2.08. The summed E-state index contributed by atoms with van der Waals surface area (Å²) < 4.78 is 53.1. The lowest BCUT2D eigenvalue weighted by Crippen LogP contribution is -2.24. The Hall–Kier alpha value is -2.97. The van der Waals surface area contributed by atoms with E-state index >= 15 is 0 Å². The van der Waals surface area contributed by atoms with Crippen LogP contribution in [0.15, 0.2) is 42.6 Å². The van der Waals surface area contributed by atoms with Crippen molar-refractivity contribution in [1.82, 2.24) is 19.9 Å². The average Bonchev–Trinajstić information content (AvgIpc) is 3.01. The van der Waals surface area contributed by atoms with E-state index in [1.165, 1.54) is 16.5 Å². The van der Waals surface area contributed by atoms with Gasteiger partial charge >= 0.3 is 6.18 Å². The third kappa shape index (κ3) is 3.98. The fourth-order valence-electron chi connectivity index (χ4n) is 2.44. The molecule has 0 atom stereocenters. The van der Waals surface area contributed by atoms with Crippen LogP contribution in [0.1, 0.15) is 23.4 Å². The van der Waals surface area contributed by atoms with Crippen LogP contribution in [0.5, 0.6) is 0 Å². The lowest BCUT2D eigenvalue weighted by molar-refractivity contribution is -0.137. The highest BCUT2D eigenvalue weighted by molar-refractivity contribution is 5.76. The fourth-order valence-corrected chi connectivity index (χ4v) is 2.44. The molecule has 3 rings (SSSR count). The maximum absolute atomic E-state index is 13.5. The number of amides is 1. The molecule has 5 nitrogen and oxygen atoms in total. The number of carbonyl (C=O) groups is 1. The summed E-state index contributed by atoms with van der Waals surface area (Å²) in [7, 11) is 0. The molecule has 1 amide bonds. The van der Waals surface area contributed by atoms with Gasteiger partial charge in [-0.2, -0.15) is 13.2 Å². The Morgan fingerprint density at radius 2 is 1.88 bits per heavy atom. The monoisotopic (exact) mass is 366 g/mol. The van der Waals surface area contributed by atoms with E-state index in [1.54, 1.807) is 18.2 Å². The molecule has 136 valence electrons. The molecule has 0 saturated heterocycles. The van der Waals surface area contributed by atoms with Gasteiger partial charge in [0, 0.05) is 12.6 Å². The Kier molecular flexibility index (Phi) is 4.88. The van der Waals surface area contributed by atoms with Gasteiger partial charge in [-0.05, 0) is 30.2 Å². The second-order valence-electron chi connectivity index (χ2n) is 5.63. The van der Waals surface area contributed by atoms with Crippen molar-refractivity contribution in [2.24, 2.45) is 0 Å². The van der Waals surface area contributed by atoms with Crippen molar-refractivity contribution in [3.05, 3.63) is 65.4 Å². The van der Waals surface area contributed by atoms with Gasteiger partial charge in [0.1, 0.15) is 5.82 Å². The number of nitrogens with one attached hydrogen (secondary N) is 1. The zero-order valence-corrected chi connectivity index (χ0v) is 13.4. The van der Waals surface area contributed by atoms with Crippen LogP contribution in [0.2, 0.25) is 0 Å². The minimum atomic E-state index is -4.49. The van der Waals surface area contributed by atoms with Crippen molar-refractivity contribution in [1.29, 1.82) is 0 Å². The minimum Gasteiger partial charge on any atom is -0.349 e. The van der Waals surface area contributed by atoms with Crippen LogP contribution in [-0.4, -0.2) is 20.5 Å². The summed E-state index contributed by atoms with van der Waals surface area (Å²) in [6.45, 7) is -0.0847. The molecule has 2 aromatic heterocycles. The molecule has 0 bridgehead atoms. The van der Waals surface area contributed by atoms with Crippen molar-refractivity contribution in [3.8, 4) is 0 Å². The molecule has 0 unspecified atom stereocenters. The molecule has 0 aliphatic heterocycles. The van der Waals surface area contributed by atoms with E-state index in [2.05, 4.69) is 15.5 Å². The Morgan fingerprint density at radius 1 is 1.12 bits per heavy atom. The van der Waals surface area contributed by atoms with Crippen LogP contribution in [0, 0.1) is 5.82 Å². The number of hydrogen-bond acceptors (Lipinski definition) is 3. The number of benzene rings is 1. The Labute approximate surface area is 145 Å². The van der Waals surface area contributed by atoms with Gasteiger partial charge in [0.15, 0.2) is 11.5 Å². The van der Waals surface area contributed by atoms with Crippen molar-refractivity contribution >= 4 is 11.6 Å². The van der Waals surface area contributed by atoms with E-state index in [1.807, 2.05) is 0 Å². The average molecular weight is 366 g/mol. The number of aromatic nitrogens is 3. The third-order valence-corrected chi connectivity index (χ3v) is 3.82. The number of hydrogen-bond donors (Lipinski definition) is 1. The lowest BCUT2D eigenvalue weighted by atomic mass is 10.1. The largest absolute Gasteiger partial charge is 0.417 e. The van der Waals surface area contributed by atoms with E-state index in [0.717, 1.165) is 12.3 Å². The zero-order chi connectivity index (χ0) is 18.7. The van der Waals surface area contributed by atoms with Crippen LogP contribution in [0.25, 0.3) is 5.65 Å². The molecular formula is C17H14F4N4O. The summed E-state index contributed by atoms with van der Waals surface area (Å²) in [5.41, 5.74) is -0.170. The van der Waals surface area contributed by atoms with Gasteiger partial charge < -0.3 is 5.32 Å². The number of aryl methyl sites for hydroxylation is 1. The molecule has 0 fully saturated rings. The first-order valence-corrected chi connectivity index (χ1v) is 7.75. The fraction of sp³-hybridized carbons (Fsp3) is 0.235. The van der Waals surface area contributed by atoms with Gasteiger partial charge in [-0.15, -0.1) is 10.2 Å². The maximum Gasteiger partial charge on any atom is 0.417 e. The van der Waals surface area contributed by atoms with Gasteiger partial charge in [0.2, 0.25) is 5.91 Å². The van der Waals surface area contributed by atoms with Crippen LogP contribution in [0.4, 0.5) is 17.6 Å². The highest BCUT2D eigenvalue weighted by Crippen LogP contribution is 2.29. The SMILES string of the molecule is O=C(CCc1ccccc1F)NCc1nnc2ccc(C(F)(F)F)cn12. The number of pyridine rings is 1. The third-order valence-electron chi connectivity index (χ3n) is 3.82. The molecule has 26 heavy (non-hydrogen) atoms. The van der Waals surface area contributed by atoms with E-state index in [9.17, 15) is 22.4 Å². The Bertz CT molecular complexity index is 936. The summed E-state index contributed by atoms with van der Waals surface area (Å²) in [6.07, 6.45) is -3.34. The van der Waals surface area contributed by atoms with Gasteiger partial charge in [0.25, 0.3) is 0 Å². The van der Waals surface area contributed by atoms with E-state index in [4.69, 9.17) is 0 Å². The second-order valence-corrected chi connectivity index (χ2v) is 5.63. The Balaban J connectivity index is 1.64. The first kappa shape index (κ1) is 17.8. The van der Waals surface area contributed by atoms with Gasteiger partial charge in [0.05, 0.1) is 12.1 Å². The topological polar surface area (TPSA) is 59.3 Å². The van der Waals surface area contributed by atoms with Crippen molar-refractivity contribution in [3.63, 3.8) is 0 Å². The van der Waals surface area contributed by atoms with Crippen LogP contribution < -0.4 is 5.32 Å². The highest BCUT2D eigenvalue weighted by atomic mass is 19.4. The van der Waals surface area contributed by atoms with Crippen molar-refractivity contribution in [2.45, 2.75) is 25.6 Å².